The molecule has 0 saturated heterocycles. The van der Waals surface area contributed by atoms with Gasteiger partial charge in [-0.25, -0.2) is 0 Å². The largest absolute Gasteiger partial charge is 0.386 e. The number of rotatable bonds is 3. The van der Waals surface area contributed by atoms with Gasteiger partial charge in [0.1, 0.15) is 0 Å². The number of hydrogen-bond acceptors (Lipinski definition) is 2. The first-order chi connectivity index (χ1) is 8.48. The minimum Gasteiger partial charge on any atom is -0.386 e. The van der Waals surface area contributed by atoms with Crippen LogP contribution < -0.4 is 0 Å². The van der Waals surface area contributed by atoms with Crippen LogP contribution in [0.15, 0.2) is 54.6 Å². The highest BCUT2D eigenvalue weighted by Crippen LogP contribution is 2.20. The minimum absolute atomic E-state index is 0.00195. The summed E-state index contributed by atoms with van der Waals surface area (Å²) in [6.45, 7) is 3.45. The Labute approximate surface area is 107 Å². The van der Waals surface area contributed by atoms with Crippen LogP contribution in [0.1, 0.15) is 35.3 Å². The average molecular weight is 240 g/mol. The Morgan fingerprint density at radius 1 is 0.889 bits per heavy atom. The number of benzene rings is 2. The summed E-state index contributed by atoms with van der Waals surface area (Å²) in [5.74, 6) is -0.00195. The first kappa shape index (κ1) is 12.5. The molecule has 0 aliphatic carbocycles. The summed E-state index contributed by atoms with van der Waals surface area (Å²) in [6.07, 6.45) is 0. The van der Waals surface area contributed by atoms with Crippen molar-refractivity contribution in [3.05, 3.63) is 71.3 Å². The van der Waals surface area contributed by atoms with Gasteiger partial charge in [0.15, 0.2) is 5.78 Å². The molecule has 1 N–H and O–H groups in total. The summed E-state index contributed by atoms with van der Waals surface area (Å²) in [4.78, 5) is 12.1. The van der Waals surface area contributed by atoms with Gasteiger partial charge in [0, 0.05) is 11.1 Å². The lowest BCUT2D eigenvalue weighted by atomic mass is 9.95. The van der Waals surface area contributed by atoms with E-state index in [2.05, 4.69) is 0 Å². The lowest BCUT2D eigenvalue weighted by molar-refractivity contribution is 0.0785. The van der Waals surface area contributed by atoms with Gasteiger partial charge in [-0.2, -0.15) is 0 Å². The monoisotopic (exact) mass is 240 g/mol. The standard InChI is InChI=1S/C16H16O2/c1-16(2,18)14-10-8-13(9-11-14)15(17)12-6-4-3-5-7-12/h3-11,18H,1-2H3. The molecular formula is C16H16O2. The molecule has 0 amide bonds. The van der Waals surface area contributed by atoms with Gasteiger partial charge in [0.05, 0.1) is 5.60 Å². The zero-order chi connectivity index (χ0) is 13.2. The molecule has 0 spiro atoms. The molecule has 0 bridgehead atoms. The Morgan fingerprint density at radius 2 is 1.39 bits per heavy atom. The fourth-order valence-corrected chi connectivity index (χ4v) is 1.79. The Bertz CT molecular complexity index is 534. The molecule has 0 saturated carbocycles. The topological polar surface area (TPSA) is 37.3 Å². The van der Waals surface area contributed by atoms with Crippen molar-refractivity contribution >= 4 is 5.78 Å². The molecule has 0 aromatic heterocycles. The highest BCUT2D eigenvalue weighted by Gasteiger charge is 2.16. The predicted octanol–water partition coefficient (Wildman–Crippen LogP) is 3.15. The lowest BCUT2D eigenvalue weighted by Crippen LogP contribution is -2.15. The fourth-order valence-electron chi connectivity index (χ4n) is 1.79. The van der Waals surface area contributed by atoms with Crippen LogP contribution in [0.4, 0.5) is 0 Å². The van der Waals surface area contributed by atoms with Crippen LogP contribution >= 0.6 is 0 Å². The third-order valence-corrected chi connectivity index (χ3v) is 2.89. The highest BCUT2D eigenvalue weighted by molar-refractivity contribution is 6.08. The number of carbonyl (C=O) groups excluding carboxylic acids is 1. The van der Waals surface area contributed by atoms with Crippen LogP contribution in [-0.2, 0) is 5.60 Å². The number of hydrogen-bond donors (Lipinski definition) is 1. The van der Waals surface area contributed by atoms with Gasteiger partial charge in [0.2, 0.25) is 0 Å². The Balaban J connectivity index is 2.28. The normalized spacial score (nSPS) is 11.3. The van der Waals surface area contributed by atoms with E-state index in [0.29, 0.717) is 11.1 Å². The van der Waals surface area contributed by atoms with Gasteiger partial charge in [-0.3, -0.25) is 4.79 Å². The molecule has 0 fully saturated rings. The van der Waals surface area contributed by atoms with Crippen LogP contribution in [0.2, 0.25) is 0 Å². The van der Waals surface area contributed by atoms with Crippen molar-refractivity contribution in [2.24, 2.45) is 0 Å². The van der Waals surface area contributed by atoms with E-state index < -0.39 is 5.60 Å². The molecule has 2 aromatic rings. The van der Waals surface area contributed by atoms with Crippen LogP contribution in [0.5, 0.6) is 0 Å². The van der Waals surface area contributed by atoms with E-state index in [1.807, 2.05) is 18.2 Å². The van der Waals surface area contributed by atoms with Crippen molar-refractivity contribution < 1.29 is 9.90 Å². The molecule has 0 aliphatic heterocycles. The summed E-state index contributed by atoms with van der Waals surface area (Å²) < 4.78 is 0. The maximum Gasteiger partial charge on any atom is 0.193 e. The smallest absolute Gasteiger partial charge is 0.193 e. The first-order valence-electron chi connectivity index (χ1n) is 5.91. The quantitative estimate of drug-likeness (QED) is 0.837. The Kier molecular flexibility index (Phi) is 3.30. The van der Waals surface area contributed by atoms with Crippen molar-refractivity contribution in [2.75, 3.05) is 0 Å². The summed E-state index contributed by atoms with van der Waals surface area (Å²) >= 11 is 0. The zero-order valence-electron chi connectivity index (χ0n) is 10.6. The van der Waals surface area contributed by atoms with Crippen molar-refractivity contribution in [3.63, 3.8) is 0 Å². The maximum atomic E-state index is 12.1. The third kappa shape index (κ3) is 2.66. The zero-order valence-corrected chi connectivity index (χ0v) is 10.6. The van der Waals surface area contributed by atoms with Gasteiger partial charge < -0.3 is 5.11 Å². The summed E-state index contributed by atoms with van der Waals surface area (Å²) in [5, 5.41) is 9.85. The molecule has 0 heterocycles. The molecule has 2 heteroatoms. The number of aliphatic hydroxyl groups is 1. The molecule has 92 valence electrons. The minimum atomic E-state index is -0.881. The molecule has 0 aliphatic rings. The molecule has 0 radical (unpaired) electrons. The molecular weight excluding hydrogens is 224 g/mol. The molecule has 18 heavy (non-hydrogen) atoms. The molecule has 0 unspecified atom stereocenters. The van der Waals surface area contributed by atoms with Crippen molar-refractivity contribution in [3.8, 4) is 0 Å². The van der Waals surface area contributed by atoms with Crippen molar-refractivity contribution in [1.82, 2.24) is 0 Å². The van der Waals surface area contributed by atoms with Gasteiger partial charge in [-0.1, -0.05) is 54.6 Å². The second-order valence-electron chi connectivity index (χ2n) is 4.83. The molecule has 2 aromatic carbocycles. The summed E-state index contributed by atoms with van der Waals surface area (Å²) in [7, 11) is 0. The van der Waals surface area contributed by atoms with Crippen molar-refractivity contribution in [1.29, 1.82) is 0 Å². The second-order valence-corrected chi connectivity index (χ2v) is 4.83. The van der Waals surface area contributed by atoms with Gasteiger partial charge in [0.25, 0.3) is 0 Å². The van der Waals surface area contributed by atoms with Gasteiger partial charge in [-0.15, -0.1) is 0 Å². The highest BCUT2D eigenvalue weighted by atomic mass is 16.3. The SMILES string of the molecule is CC(C)(O)c1ccc(C(=O)c2ccccc2)cc1. The summed E-state index contributed by atoms with van der Waals surface area (Å²) in [5.41, 5.74) is 1.23. The predicted molar refractivity (Wildman–Crippen MR) is 71.6 cm³/mol. The van der Waals surface area contributed by atoms with E-state index in [1.165, 1.54) is 0 Å². The van der Waals surface area contributed by atoms with Crippen LogP contribution in [0.3, 0.4) is 0 Å². The number of carbonyl (C=O) groups is 1. The van der Waals surface area contributed by atoms with Crippen LogP contribution in [0.25, 0.3) is 0 Å². The fraction of sp³-hybridized carbons (Fsp3) is 0.188. The van der Waals surface area contributed by atoms with E-state index in [9.17, 15) is 9.90 Å². The Hall–Kier alpha value is -1.93. The van der Waals surface area contributed by atoms with E-state index >= 15 is 0 Å². The molecule has 0 atom stereocenters. The van der Waals surface area contributed by atoms with Crippen LogP contribution in [-0.4, -0.2) is 10.9 Å². The molecule has 2 rings (SSSR count). The van der Waals surface area contributed by atoms with Gasteiger partial charge >= 0.3 is 0 Å². The van der Waals surface area contributed by atoms with Gasteiger partial charge in [-0.05, 0) is 19.4 Å². The van der Waals surface area contributed by atoms with Crippen LogP contribution in [0, 0.1) is 0 Å². The lowest BCUT2D eigenvalue weighted by Gasteiger charge is -2.17. The first-order valence-corrected chi connectivity index (χ1v) is 5.91. The van der Waals surface area contributed by atoms with Crippen molar-refractivity contribution in [2.45, 2.75) is 19.4 Å². The second kappa shape index (κ2) is 4.75. The third-order valence-electron chi connectivity index (χ3n) is 2.89. The summed E-state index contributed by atoms with van der Waals surface area (Å²) in [6, 6.07) is 16.3. The van der Waals surface area contributed by atoms with E-state index in [4.69, 9.17) is 0 Å². The Morgan fingerprint density at radius 3 is 1.89 bits per heavy atom. The maximum absolute atomic E-state index is 12.1. The average Bonchev–Trinajstić information content (AvgIpc) is 2.38. The molecule has 2 nitrogen and oxygen atoms in total. The van der Waals surface area contributed by atoms with E-state index in [-0.39, 0.29) is 5.78 Å². The number of ketones is 1. The van der Waals surface area contributed by atoms with E-state index in [1.54, 1.807) is 50.2 Å². The van der Waals surface area contributed by atoms with E-state index in [0.717, 1.165) is 5.56 Å².